The van der Waals surface area contributed by atoms with Crippen LogP contribution < -0.4 is 0 Å². The van der Waals surface area contributed by atoms with E-state index >= 15 is 0 Å². The number of hydrogen-bond donors (Lipinski definition) is 0. The minimum absolute atomic E-state index is 0.223. The Morgan fingerprint density at radius 3 is 2.50 bits per heavy atom. The molecule has 5 rings (SSSR count). The van der Waals surface area contributed by atoms with E-state index in [1.807, 2.05) is 21.7 Å². The average Bonchev–Trinajstić information content (AvgIpc) is 3.44. The summed E-state index contributed by atoms with van der Waals surface area (Å²) in [6.07, 6.45) is 9.16. The highest BCUT2D eigenvalue weighted by molar-refractivity contribution is 5.76. The number of hydrogen-bond acceptors (Lipinski definition) is 3. The molecule has 1 amide bonds. The summed E-state index contributed by atoms with van der Waals surface area (Å²) < 4.78 is 15.3. The molecule has 6 heteroatoms. The van der Waals surface area contributed by atoms with E-state index in [2.05, 4.69) is 11.8 Å². The Balaban J connectivity index is 1.19. The molecule has 1 aromatic carbocycles. The maximum Gasteiger partial charge on any atom is 0.223 e. The molecule has 0 unspecified atom stereocenters. The highest BCUT2D eigenvalue weighted by atomic mass is 19.1. The van der Waals surface area contributed by atoms with Gasteiger partial charge in [0.25, 0.3) is 0 Å². The molecule has 0 N–H and O–H groups in total. The van der Waals surface area contributed by atoms with Gasteiger partial charge in [-0.2, -0.15) is 5.10 Å². The Labute approximate surface area is 190 Å². The van der Waals surface area contributed by atoms with E-state index in [1.165, 1.54) is 69.3 Å². The van der Waals surface area contributed by atoms with Crippen molar-refractivity contribution in [3.63, 3.8) is 0 Å². The number of nitrogens with zero attached hydrogens (tertiary/aromatic N) is 4. The maximum atomic E-state index is 13.3. The molecule has 2 fully saturated rings. The van der Waals surface area contributed by atoms with Crippen LogP contribution in [-0.4, -0.2) is 51.2 Å². The molecule has 1 aliphatic carbocycles. The molecule has 2 aromatic rings. The number of fused-ring (bicyclic) bond motifs is 1. The number of halogens is 1. The first-order valence-corrected chi connectivity index (χ1v) is 12.4. The summed E-state index contributed by atoms with van der Waals surface area (Å²) in [5, 5.41) is 4.75. The molecule has 1 aromatic heterocycles. The lowest BCUT2D eigenvalue weighted by Gasteiger charge is -2.35. The summed E-state index contributed by atoms with van der Waals surface area (Å²) in [7, 11) is 0. The molecule has 3 heterocycles. The molecule has 1 saturated carbocycles. The molecule has 0 bridgehead atoms. The maximum absolute atomic E-state index is 13.3. The highest BCUT2D eigenvalue weighted by Crippen LogP contribution is 2.32. The highest BCUT2D eigenvalue weighted by Gasteiger charge is 2.31. The Morgan fingerprint density at radius 1 is 1.06 bits per heavy atom. The summed E-state index contributed by atoms with van der Waals surface area (Å²) >= 11 is 0. The van der Waals surface area contributed by atoms with Gasteiger partial charge in [-0.1, -0.05) is 12.1 Å². The van der Waals surface area contributed by atoms with Crippen LogP contribution in [-0.2, 0) is 24.3 Å². The smallest absolute Gasteiger partial charge is 0.223 e. The zero-order valence-corrected chi connectivity index (χ0v) is 19.2. The minimum Gasteiger partial charge on any atom is -0.336 e. The summed E-state index contributed by atoms with van der Waals surface area (Å²) in [5.74, 6) is 0.611. The van der Waals surface area contributed by atoms with Gasteiger partial charge < -0.3 is 9.80 Å². The van der Waals surface area contributed by atoms with Crippen LogP contribution in [0.2, 0.25) is 0 Å². The van der Waals surface area contributed by atoms with Crippen LogP contribution in [0.25, 0.3) is 0 Å². The van der Waals surface area contributed by atoms with Crippen LogP contribution in [0, 0.1) is 18.7 Å². The van der Waals surface area contributed by atoms with Gasteiger partial charge in [0.2, 0.25) is 5.91 Å². The largest absolute Gasteiger partial charge is 0.336 e. The fourth-order valence-electron chi connectivity index (χ4n) is 5.98. The summed E-state index contributed by atoms with van der Waals surface area (Å²) in [6.45, 7) is 6.64. The van der Waals surface area contributed by atoms with Gasteiger partial charge in [0.15, 0.2) is 0 Å². The number of carbonyl (C=O) groups excluding carboxylic acids is 1. The van der Waals surface area contributed by atoms with Gasteiger partial charge in [-0.3, -0.25) is 9.48 Å². The van der Waals surface area contributed by atoms with Gasteiger partial charge in [-0.25, -0.2) is 4.39 Å². The molecule has 0 atom stereocenters. The quantitative estimate of drug-likeness (QED) is 0.699. The van der Waals surface area contributed by atoms with E-state index < -0.39 is 0 Å². The van der Waals surface area contributed by atoms with E-state index in [1.54, 1.807) is 0 Å². The fraction of sp³-hybridized carbons (Fsp3) is 0.615. The third-order valence-electron chi connectivity index (χ3n) is 7.87. The standard InChI is InChI=1S/C26H35FN4O/c1-19-24-12-15-30(18-25(24)31(28-19)17-21-4-8-22(27)9-5-21)26(32)16-20-6-10-23(11-7-20)29-13-2-3-14-29/h4-5,8-9,20,23H,2-3,6-7,10-18H2,1H3. The predicted octanol–water partition coefficient (Wildman–Crippen LogP) is 4.31. The zero-order valence-electron chi connectivity index (χ0n) is 19.2. The number of carbonyl (C=O) groups is 1. The first kappa shape index (κ1) is 21.6. The number of amides is 1. The number of likely N-dealkylation sites (tertiary alicyclic amines) is 1. The van der Waals surface area contributed by atoms with Crippen molar-refractivity contribution in [2.75, 3.05) is 19.6 Å². The first-order chi connectivity index (χ1) is 15.6. The average molecular weight is 439 g/mol. The van der Waals surface area contributed by atoms with E-state index in [9.17, 15) is 9.18 Å². The van der Waals surface area contributed by atoms with Gasteiger partial charge in [-0.05, 0) is 94.1 Å². The normalized spacial score (nSPS) is 24.0. The number of rotatable bonds is 5. The fourth-order valence-corrected chi connectivity index (χ4v) is 5.98. The molecule has 0 radical (unpaired) electrons. The van der Waals surface area contributed by atoms with Crippen molar-refractivity contribution in [1.82, 2.24) is 19.6 Å². The van der Waals surface area contributed by atoms with Crippen molar-refractivity contribution in [3.05, 3.63) is 52.6 Å². The molecule has 2 aliphatic heterocycles. The second kappa shape index (κ2) is 9.34. The molecule has 5 nitrogen and oxygen atoms in total. The molecule has 3 aliphatic rings. The van der Waals surface area contributed by atoms with Crippen molar-refractivity contribution in [3.8, 4) is 0 Å². The minimum atomic E-state index is -0.223. The van der Waals surface area contributed by atoms with Crippen LogP contribution in [0.5, 0.6) is 0 Å². The van der Waals surface area contributed by atoms with E-state index in [0.29, 0.717) is 31.3 Å². The van der Waals surface area contributed by atoms with E-state index in [0.717, 1.165) is 36.0 Å². The Hall–Kier alpha value is -2.21. The Kier molecular flexibility index (Phi) is 6.31. The number of aromatic nitrogens is 2. The predicted molar refractivity (Wildman–Crippen MR) is 123 cm³/mol. The van der Waals surface area contributed by atoms with Crippen LogP contribution >= 0.6 is 0 Å². The van der Waals surface area contributed by atoms with Crippen molar-refractivity contribution < 1.29 is 9.18 Å². The third-order valence-corrected chi connectivity index (χ3v) is 7.87. The van der Waals surface area contributed by atoms with Gasteiger partial charge in [0.1, 0.15) is 5.82 Å². The lowest BCUT2D eigenvalue weighted by molar-refractivity contribution is -0.133. The van der Waals surface area contributed by atoms with Crippen molar-refractivity contribution in [2.45, 2.75) is 77.4 Å². The van der Waals surface area contributed by atoms with Crippen molar-refractivity contribution >= 4 is 5.91 Å². The van der Waals surface area contributed by atoms with Gasteiger partial charge >= 0.3 is 0 Å². The lowest BCUT2D eigenvalue weighted by Crippen LogP contribution is -2.39. The second-order valence-corrected chi connectivity index (χ2v) is 9.98. The summed E-state index contributed by atoms with van der Waals surface area (Å²) in [5.41, 5.74) is 4.50. The van der Waals surface area contributed by atoms with Gasteiger partial charge in [0, 0.05) is 19.0 Å². The van der Waals surface area contributed by atoms with Gasteiger partial charge in [-0.15, -0.1) is 0 Å². The molecule has 1 saturated heterocycles. The van der Waals surface area contributed by atoms with Gasteiger partial charge in [0.05, 0.1) is 24.5 Å². The third kappa shape index (κ3) is 4.61. The lowest BCUT2D eigenvalue weighted by atomic mass is 9.83. The molecule has 0 spiro atoms. The summed E-state index contributed by atoms with van der Waals surface area (Å²) in [6, 6.07) is 7.36. The molecule has 172 valence electrons. The Morgan fingerprint density at radius 2 is 1.78 bits per heavy atom. The van der Waals surface area contributed by atoms with Crippen LogP contribution in [0.15, 0.2) is 24.3 Å². The Bertz CT molecular complexity index is 939. The second-order valence-electron chi connectivity index (χ2n) is 9.98. The van der Waals surface area contributed by atoms with Crippen LogP contribution in [0.3, 0.4) is 0 Å². The molecular formula is C26H35FN4O. The van der Waals surface area contributed by atoms with Crippen LogP contribution in [0.1, 0.15) is 67.5 Å². The molecule has 32 heavy (non-hydrogen) atoms. The van der Waals surface area contributed by atoms with E-state index in [-0.39, 0.29) is 5.82 Å². The van der Waals surface area contributed by atoms with Crippen molar-refractivity contribution in [2.24, 2.45) is 5.92 Å². The number of aryl methyl sites for hydroxylation is 1. The van der Waals surface area contributed by atoms with E-state index in [4.69, 9.17) is 5.10 Å². The monoisotopic (exact) mass is 438 g/mol. The SMILES string of the molecule is Cc1nn(Cc2ccc(F)cc2)c2c1CCN(C(=O)CC1CCC(N3CCCC3)CC1)C2. The summed E-state index contributed by atoms with van der Waals surface area (Å²) in [4.78, 5) is 17.9. The van der Waals surface area contributed by atoms with Crippen molar-refractivity contribution in [1.29, 1.82) is 0 Å². The number of benzene rings is 1. The molecular weight excluding hydrogens is 403 g/mol. The van der Waals surface area contributed by atoms with Crippen LogP contribution in [0.4, 0.5) is 4.39 Å². The first-order valence-electron chi connectivity index (χ1n) is 12.4. The topological polar surface area (TPSA) is 41.4 Å². The zero-order chi connectivity index (χ0) is 22.1.